The normalized spacial score (nSPS) is 29.8. The Hall–Kier alpha value is -0.260. The van der Waals surface area contributed by atoms with Crippen LogP contribution in [0.4, 0.5) is 0 Å². The van der Waals surface area contributed by atoms with Gasteiger partial charge in [-0.1, -0.05) is 12.5 Å². The van der Waals surface area contributed by atoms with Crippen LogP contribution in [0.3, 0.4) is 0 Å². The molecule has 1 aliphatic carbocycles. The van der Waals surface area contributed by atoms with Crippen molar-refractivity contribution in [3.8, 4) is 0 Å². The molecule has 1 atom stereocenters. The Balaban J connectivity index is 2.50. The standard InChI is InChI=1S/C8H13/c1-7-4-3-5-8(2)6-7/h7H,3-5H2,1-2H3. The summed E-state index contributed by atoms with van der Waals surface area (Å²) in [5, 5.41) is 0. The highest BCUT2D eigenvalue weighted by Crippen LogP contribution is 2.20. The first-order chi connectivity index (χ1) is 3.79. The molecule has 0 nitrogen and oxygen atoms in total. The lowest BCUT2D eigenvalue weighted by atomic mass is 9.93. The van der Waals surface area contributed by atoms with Gasteiger partial charge in [-0.3, -0.25) is 0 Å². The average Bonchev–Trinajstić information content (AvgIpc) is 1.64. The van der Waals surface area contributed by atoms with E-state index >= 15 is 0 Å². The molecule has 1 aliphatic rings. The minimum Gasteiger partial charge on any atom is -0.0696 e. The average molecular weight is 109 g/mol. The molecule has 0 amide bonds. The van der Waals surface area contributed by atoms with Crippen LogP contribution in [0.5, 0.6) is 0 Å². The summed E-state index contributed by atoms with van der Waals surface area (Å²) in [5.74, 6) is 0.726. The monoisotopic (exact) mass is 109 g/mol. The first-order valence-corrected chi connectivity index (χ1v) is 3.38. The highest BCUT2D eigenvalue weighted by Gasteiger charge is 2.05. The molecule has 0 aromatic carbocycles. The van der Waals surface area contributed by atoms with Crippen molar-refractivity contribution in [3.05, 3.63) is 11.6 Å². The lowest BCUT2D eigenvalue weighted by Gasteiger charge is -2.12. The van der Waals surface area contributed by atoms with E-state index < -0.39 is 0 Å². The zero-order valence-corrected chi connectivity index (χ0v) is 5.70. The Morgan fingerprint density at radius 1 is 1.62 bits per heavy atom. The SMILES string of the molecule is CC1=[C]C(C)CCC1. The Morgan fingerprint density at radius 2 is 2.38 bits per heavy atom. The van der Waals surface area contributed by atoms with Gasteiger partial charge in [0.1, 0.15) is 0 Å². The number of allylic oxidation sites excluding steroid dienone is 2. The first-order valence-electron chi connectivity index (χ1n) is 3.38. The van der Waals surface area contributed by atoms with Gasteiger partial charge in [-0.15, -0.1) is 0 Å². The van der Waals surface area contributed by atoms with Crippen molar-refractivity contribution in [3.63, 3.8) is 0 Å². The molecule has 8 heavy (non-hydrogen) atoms. The molecule has 0 heteroatoms. The van der Waals surface area contributed by atoms with Crippen LogP contribution in [0.2, 0.25) is 0 Å². The molecule has 0 fully saturated rings. The minimum absolute atomic E-state index is 0.726. The molecule has 0 spiro atoms. The van der Waals surface area contributed by atoms with Gasteiger partial charge in [0.05, 0.1) is 0 Å². The second kappa shape index (κ2) is 2.34. The fourth-order valence-corrected chi connectivity index (χ4v) is 1.24. The van der Waals surface area contributed by atoms with Crippen molar-refractivity contribution in [2.75, 3.05) is 0 Å². The maximum atomic E-state index is 3.40. The molecule has 0 aromatic heterocycles. The number of rotatable bonds is 0. The van der Waals surface area contributed by atoms with Gasteiger partial charge in [0, 0.05) is 0 Å². The summed E-state index contributed by atoms with van der Waals surface area (Å²) in [4.78, 5) is 0. The van der Waals surface area contributed by atoms with Gasteiger partial charge in [0.15, 0.2) is 0 Å². The van der Waals surface area contributed by atoms with Crippen LogP contribution in [0.25, 0.3) is 0 Å². The molecular weight excluding hydrogens is 96.1 g/mol. The third-order valence-electron chi connectivity index (χ3n) is 1.68. The van der Waals surface area contributed by atoms with Crippen molar-refractivity contribution < 1.29 is 0 Å². The van der Waals surface area contributed by atoms with E-state index in [0.717, 1.165) is 5.92 Å². The van der Waals surface area contributed by atoms with Gasteiger partial charge in [0.2, 0.25) is 0 Å². The quantitative estimate of drug-likeness (QED) is 0.448. The highest BCUT2D eigenvalue weighted by atomic mass is 14.1. The first kappa shape index (κ1) is 5.87. The van der Waals surface area contributed by atoms with Crippen molar-refractivity contribution in [1.82, 2.24) is 0 Å². The molecule has 1 unspecified atom stereocenters. The van der Waals surface area contributed by atoms with Crippen LogP contribution in [0, 0.1) is 12.0 Å². The lowest BCUT2D eigenvalue weighted by molar-refractivity contribution is 0.552. The zero-order valence-electron chi connectivity index (χ0n) is 5.70. The Bertz CT molecular complexity index is 101. The Labute approximate surface area is 51.6 Å². The predicted molar refractivity (Wildman–Crippen MR) is 35.4 cm³/mol. The van der Waals surface area contributed by atoms with E-state index in [1.165, 1.54) is 24.8 Å². The molecule has 1 rings (SSSR count). The largest absolute Gasteiger partial charge is 0.0696 e. The molecule has 0 N–H and O–H groups in total. The molecule has 45 valence electrons. The van der Waals surface area contributed by atoms with E-state index in [1.54, 1.807) is 0 Å². The van der Waals surface area contributed by atoms with Crippen molar-refractivity contribution >= 4 is 0 Å². The molecule has 0 aromatic rings. The molecule has 0 saturated heterocycles. The Kier molecular flexibility index (Phi) is 1.72. The van der Waals surface area contributed by atoms with Crippen molar-refractivity contribution in [2.45, 2.75) is 33.1 Å². The molecular formula is C8H13. The molecule has 0 saturated carbocycles. The topological polar surface area (TPSA) is 0 Å². The fraction of sp³-hybridized carbons (Fsp3) is 0.750. The smallest absolute Gasteiger partial charge is 0.0188 e. The summed E-state index contributed by atoms with van der Waals surface area (Å²) < 4.78 is 0. The van der Waals surface area contributed by atoms with E-state index in [1.807, 2.05) is 0 Å². The maximum absolute atomic E-state index is 3.40. The lowest BCUT2D eigenvalue weighted by Crippen LogP contribution is -1.98. The van der Waals surface area contributed by atoms with Gasteiger partial charge < -0.3 is 0 Å². The van der Waals surface area contributed by atoms with Crippen LogP contribution in [-0.4, -0.2) is 0 Å². The van der Waals surface area contributed by atoms with Crippen molar-refractivity contribution in [2.24, 2.45) is 5.92 Å². The molecule has 0 bridgehead atoms. The van der Waals surface area contributed by atoms with Gasteiger partial charge in [-0.2, -0.15) is 0 Å². The molecule has 0 heterocycles. The summed E-state index contributed by atoms with van der Waals surface area (Å²) in [7, 11) is 0. The van der Waals surface area contributed by atoms with Crippen LogP contribution in [0.15, 0.2) is 5.57 Å². The van der Waals surface area contributed by atoms with Crippen LogP contribution >= 0.6 is 0 Å². The van der Waals surface area contributed by atoms with E-state index in [-0.39, 0.29) is 0 Å². The van der Waals surface area contributed by atoms with Gasteiger partial charge in [-0.25, -0.2) is 0 Å². The van der Waals surface area contributed by atoms with Crippen LogP contribution < -0.4 is 0 Å². The zero-order chi connectivity index (χ0) is 5.98. The van der Waals surface area contributed by atoms with Crippen LogP contribution in [0.1, 0.15) is 33.1 Å². The summed E-state index contributed by atoms with van der Waals surface area (Å²) in [6, 6.07) is 0. The summed E-state index contributed by atoms with van der Waals surface area (Å²) in [6.07, 6.45) is 7.40. The summed E-state index contributed by atoms with van der Waals surface area (Å²) in [5.41, 5.74) is 1.46. The maximum Gasteiger partial charge on any atom is -0.0188 e. The van der Waals surface area contributed by atoms with Gasteiger partial charge in [-0.05, 0) is 38.2 Å². The summed E-state index contributed by atoms with van der Waals surface area (Å²) in [6.45, 7) is 4.42. The highest BCUT2D eigenvalue weighted by molar-refractivity contribution is 4.97. The van der Waals surface area contributed by atoms with Crippen molar-refractivity contribution in [1.29, 1.82) is 0 Å². The number of hydrogen-bond acceptors (Lipinski definition) is 0. The molecule has 1 radical (unpaired) electrons. The van der Waals surface area contributed by atoms with E-state index in [9.17, 15) is 0 Å². The fourth-order valence-electron chi connectivity index (χ4n) is 1.24. The van der Waals surface area contributed by atoms with Crippen LogP contribution in [-0.2, 0) is 0 Å². The Morgan fingerprint density at radius 3 is 2.75 bits per heavy atom. The van der Waals surface area contributed by atoms with Gasteiger partial charge in [0.25, 0.3) is 0 Å². The van der Waals surface area contributed by atoms with Gasteiger partial charge >= 0.3 is 0 Å². The predicted octanol–water partition coefficient (Wildman–Crippen LogP) is 2.56. The number of hydrogen-bond donors (Lipinski definition) is 0. The van der Waals surface area contributed by atoms with E-state index in [2.05, 4.69) is 19.9 Å². The van der Waals surface area contributed by atoms with E-state index in [0.29, 0.717) is 0 Å². The second-order valence-electron chi connectivity index (χ2n) is 2.72. The second-order valence-corrected chi connectivity index (χ2v) is 2.72. The summed E-state index contributed by atoms with van der Waals surface area (Å²) >= 11 is 0. The molecule has 0 aliphatic heterocycles. The third-order valence-corrected chi connectivity index (χ3v) is 1.68. The van der Waals surface area contributed by atoms with E-state index in [4.69, 9.17) is 0 Å². The third kappa shape index (κ3) is 1.36. The minimum atomic E-state index is 0.726.